The molecule has 2 unspecified atom stereocenters. The summed E-state index contributed by atoms with van der Waals surface area (Å²) < 4.78 is 18.6. The Labute approximate surface area is 82.9 Å². The van der Waals surface area contributed by atoms with Gasteiger partial charge in [-0.05, 0) is 31.0 Å². The van der Waals surface area contributed by atoms with Crippen LogP contribution in [0.15, 0.2) is 24.3 Å². The molecule has 0 spiro atoms. The lowest BCUT2D eigenvalue weighted by molar-refractivity contribution is 0.00782. The second kappa shape index (κ2) is 3.33. The highest BCUT2D eigenvalue weighted by molar-refractivity contribution is 5.25. The van der Waals surface area contributed by atoms with Crippen molar-refractivity contribution in [3.05, 3.63) is 35.6 Å². The molecule has 3 heteroatoms. The maximum atomic E-state index is 13.0. The molecule has 2 rings (SSSR count). The monoisotopic (exact) mass is 195 g/mol. The van der Waals surface area contributed by atoms with Crippen LogP contribution < -0.4 is 5.73 Å². The van der Waals surface area contributed by atoms with E-state index in [4.69, 9.17) is 10.5 Å². The first-order valence-corrected chi connectivity index (χ1v) is 4.78. The molecule has 1 fully saturated rings. The van der Waals surface area contributed by atoms with Gasteiger partial charge in [-0.1, -0.05) is 12.1 Å². The average molecular weight is 195 g/mol. The van der Waals surface area contributed by atoms with E-state index in [9.17, 15) is 4.39 Å². The largest absolute Gasteiger partial charge is 0.369 e. The highest BCUT2D eigenvalue weighted by Gasteiger charge is 2.39. The topological polar surface area (TPSA) is 35.2 Å². The fourth-order valence-electron chi connectivity index (χ4n) is 1.88. The van der Waals surface area contributed by atoms with Crippen LogP contribution in [0.3, 0.4) is 0 Å². The van der Waals surface area contributed by atoms with Crippen LogP contribution in [0, 0.1) is 5.82 Å². The van der Waals surface area contributed by atoms with Gasteiger partial charge in [-0.15, -0.1) is 0 Å². The van der Waals surface area contributed by atoms with Crippen molar-refractivity contribution in [2.45, 2.75) is 25.0 Å². The molecule has 1 aliphatic heterocycles. The van der Waals surface area contributed by atoms with Crippen molar-refractivity contribution in [2.75, 3.05) is 6.61 Å². The fraction of sp³-hybridized carbons (Fsp3) is 0.455. The summed E-state index contributed by atoms with van der Waals surface area (Å²) in [6, 6.07) is 6.40. The summed E-state index contributed by atoms with van der Waals surface area (Å²) in [7, 11) is 0. The van der Waals surface area contributed by atoms with Gasteiger partial charge in [0.15, 0.2) is 0 Å². The van der Waals surface area contributed by atoms with Gasteiger partial charge in [-0.3, -0.25) is 0 Å². The van der Waals surface area contributed by atoms with Crippen molar-refractivity contribution in [1.29, 1.82) is 0 Å². The van der Waals surface area contributed by atoms with Crippen molar-refractivity contribution in [3.63, 3.8) is 0 Å². The molecule has 0 aromatic heterocycles. The van der Waals surface area contributed by atoms with E-state index >= 15 is 0 Å². The molecule has 2 N–H and O–H groups in total. The van der Waals surface area contributed by atoms with Gasteiger partial charge in [0.2, 0.25) is 0 Å². The van der Waals surface area contributed by atoms with Crippen molar-refractivity contribution >= 4 is 0 Å². The van der Waals surface area contributed by atoms with Crippen LogP contribution in [0.25, 0.3) is 0 Å². The summed E-state index contributed by atoms with van der Waals surface area (Å²) in [6.45, 7) is 2.56. The molecule has 2 nitrogen and oxygen atoms in total. The van der Waals surface area contributed by atoms with Crippen molar-refractivity contribution in [2.24, 2.45) is 5.73 Å². The Bertz CT molecular complexity index is 342. The Morgan fingerprint density at radius 3 is 2.93 bits per heavy atom. The lowest BCUT2D eigenvalue weighted by Gasteiger charge is -2.28. The molecule has 1 heterocycles. The first kappa shape index (κ1) is 9.62. The van der Waals surface area contributed by atoms with E-state index in [2.05, 4.69) is 0 Å². The molecule has 0 radical (unpaired) electrons. The zero-order chi connectivity index (χ0) is 10.2. The first-order valence-electron chi connectivity index (χ1n) is 4.78. The van der Waals surface area contributed by atoms with Gasteiger partial charge in [0, 0.05) is 12.6 Å². The molecule has 0 saturated carbocycles. The average Bonchev–Trinajstić information content (AvgIpc) is 2.49. The number of hydrogen-bond acceptors (Lipinski definition) is 2. The third-order valence-electron chi connectivity index (χ3n) is 2.94. The van der Waals surface area contributed by atoms with E-state index in [1.54, 1.807) is 6.07 Å². The molecule has 14 heavy (non-hydrogen) atoms. The number of benzene rings is 1. The molecule has 1 saturated heterocycles. The van der Waals surface area contributed by atoms with Gasteiger partial charge in [-0.25, -0.2) is 4.39 Å². The predicted octanol–water partition coefficient (Wildman–Crippen LogP) is 1.79. The lowest BCUT2D eigenvalue weighted by atomic mass is 9.89. The van der Waals surface area contributed by atoms with Crippen molar-refractivity contribution in [3.8, 4) is 0 Å². The summed E-state index contributed by atoms with van der Waals surface area (Å²) in [5, 5.41) is 0. The van der Waals surface area contributed by atoms with E-state index in [0.29, 0.717) is 6.61 Å². The Balaban J connectivity index is 2.38. The van der Waals surface area contributed by atoms with E-state index < -0.39 is 5.60 Å². The second-order valence-electron chi connectivity index (χ2n) is 3.86. The van der Waals surface area contributed by atoms with Gasteiger partial charge in [0.25, 0.3) is 0 Å². The maximum absolute atomic E-state index is 13.0. The Morgan fingerprint density at radius 2 is 2.36 bits per heavy atom. The SMILES string of the molecule is CC1(c2cccc(F)c2)OCCC1N. The second-order valence-corrected chi connectivity index (χ2v) is 3.86. The number of rotatable bonds is 1. The van der Waals surface area contributed by atoms with E-state index in [1.165, 1.54) is 12.1 Å². The summed E-state index contributed by atoms with van der Waals surface area (Å²) >= 11 is 0. The zero-order valence-corrected chi connectivity index (χ0v) is 8.16. The Morgan fingerprint density at radius 1 is 1.57 bits per heavy atom. The van der Waals surface area contributed by atoms with Crippen LogP contribution >= 0.6 is 0 Å². The maximum Gasteiger partial charge on any atom is 0.123 e. The molecule has 0 bridgehead atoms. The molecule has 1 aromatic carbocycles. The van der Waals surface area contributed by atoms with E-state index in [0.717, 1.165) is 12.0 Å². The normalized spacial score (nSPS) is 32.1. The van der Waals surface area contributed by atoms with Gasteiger partial charge < -0.3 is 10.5 Å². The summed E-state index contributed by atoms with van der Waals surface area (Å²) in [5.41, 5.74) is 6.24. The summed E-state index contributed by atoms with van der Waals surface area (Å²) in [5.74, 6) is -0.244. The minimum absolute atomic E-state index is 0.0516. The zero-order valence-electron chi connectivity index (χ0n) is 8.16. The molecule has 0 amide bonds. The van der Waals surface area contributed by atoms with Crippen LogP contribution in [-0.4, -0.2) is 12.6 Å². The lowest BCUT2D eigenvalue weighted by Crippen LogP contribution is -2.39. The number of halogens is 1. The molecule has 1 aliphatic rings. The highest BCUT2D eigenvalue weighted by atomic mass is 19.1. The minimum atomic E-state index is -0.526. The third-order valence-corrected chi connectivity index (χ3v) is 2.94. The van der Waals surface area contributed by atoms with Gasteiger partial charge in [-0.2, -0.15) is 0 Å². The van der Waals surface area contributed by atoms with Gasteiger partial charge in [0.1, 0.15) is 11.4 Å². The molecule has 2 atom stereocenters. The van der Waals surface area contributed by atoms with E-state index in [-0.39, 0.29) is 11.9 Å². The molecular weight excluding hydrogens is 181 g/mol. The van der Waals surface area contributed by atoms with Crippen LogP contribution in [0.4, 0.5) is 4.39 Å². The molecule has 0 aliphatic carbocycles. The first-order chi connectivity index (χ1) is 6.63. The molecular formula is C11H14FNO. The third kappa shape index (κ3) is 1.42. The van der Waals surface area contributed by atoms with Crippen LogP contribution in [-0.2, 0) is 10.3 Å². The van der Waals surface area contributed by atoms with Crippen molar-refractivity contribution in [1.82, 2.24) is 0 Å². The fourth-order valence-corrected chi connectivity index (χ4v) is 1.88. The van der Waals surface area contributed by atoms with Gasteiger partial charge in [0.05, 0.1) is 0 Å². The van der Waals surface area contributed by atoms with Crippen LogP contribution in [0.2, 0.25) is 0 Å². The predicted molar refractivity (Wildman–Crippen MR) is 52.3 cm³/mol. The Kier molecular flexibility index (Phi) is 2.29. The quantitative estimate of drug-likeness (QED) is 0.741. The summed E-state index contributed by atoms with van der Waals surface area (Å²) in [6.07, 6.45) is 0.826. The van der Waals surface area contributed by atoms with Gasteiger partial charge >= 0.3 is 0 Å². The van der Waals surface area contributed by atoms with Crippen LogP contribution in [0.5, 0.6) is 0 Å². The van der Waals surface area contributed by atoms with Crippen molar-refractivity contribution < 1.29 is 9.13 Å². The number of ether oxygens (including phenoxy) is 1. The summed E-state index contributed by atoms with van der Waals surface area (Å²) in [4.78, 5) is 0. The standard InChI is InChI=1S/C11H14FNO/c1-11(10(13)5-6-14-11)8-3-2-4-9(12)7-8/h2-4,7,10H,5-6,13H2,1H3. The smallest absolute Gasteiger partial charge is 0.123 e. The molecule has 76 valence electrons. The number of nitrogens with two attached hydrogens (primary N) is 1. The molecule has 1 aromatic rings. The van der Waals surface area contributed by atoms with Crippen LogP contribution in [0.1, 0.15) is 18.9 Å². The highest BCUT2D eigenvalue weighted by Crippen LogP contribution is 2.34. The number of hydrogen-bond donors (Lipinski definition) is 1. The van der Waals surface area contributed by atoms with E-state index in [1.807, 2.05) is 13.0 Å². The Hall–Kier alpha value is -0.930. The minimum Gasteiger partial charge on any atom is -0.369 e.